The van der Waals surface area contributed by atoms with Crippen molar-refractivity contribution in [2.45, 2.75) is 97.7 Å². The van der Waals surface area contributed by atoms with Gasteiger partial charge in [-0.2, -0.15) is 0 Å². The summed E-state index contributed by atoms with van der Waals surface area (Å²) in [6, 6.07) is 3.86. The Kier molecular flexibility index (Phi) is 7.77. The molecular weight excluding hydrogens is 502 g/mol. The molecule has 1 aliphatic carbocycles. The molecule has 0 N–H and O–H groups in total. The average molecular weight is 546 g/mol. The van der Waals surface area contributed by atoms with Gasteiger partial charge in [0.1, 0.15) is 6.54 Å². The van der Waals surface area contributed by atoms with Crippen LogP contribution < -0.4 is 0 Å². The monoisotopic (exact) mass is 545 g/mol. The fourth-order valence-corrected chi connectivity index (χ4v) is 7.15. The zero-order chi connectivity index (χ0) is 28.8. The summed E-state index contributed by atoms with van der Waals surface area (Å²) in [5, 5.41) is 0.898. The van der Waals surface area contributed by atoms with Crippen molar-refractivity contribution in [3.8, 4) is 0 Å². The van der Waals surface area contributed by atoms with E-state index in [4.69, 9.17) is 0 Å². The quantitative estimate of drug-likeness (QED) is 0.386. The van der Waals surface area contributed by atoms with E-state index in [1.54, 1.807) is 6.92 Å². The zero-order valence-electron chi connectivity index (χ0n) is 24.7. The SMILES string of the molecule is CCC(=O)[C@@H]1C[C@@]23C[C@H]2N1C(=O)Cn1cc(C(C)=O)c2cc(CC(C)C)cc(c21)C/C=C/CCCC(=O)N(C)C3. The minimum absolute atomic E-state index is 0.0179. The third-order valence-electron chi connectivity index (χ3n) is 9.11. The number of benzene rings is 1. The van der Waals surface area contributed by atoms with Crippen LogP contribution in [0.15, 0.2) is 30.5 Å². The number of carbonyl (C=O) groups excluding carboxylic acids is 4. The molecule has 1 saturated carbocycles. The molecule has 7 nitrogen and oxygen atoms in total. The molecule has 0 unspecified atom stereocenters. The van der Waals surface area contributed by atoms with E-state index >= 15 is 0 Å². The van der Waals surface area contributed by atoms with E-state index in [0.717, 1.165) is 42.1 Å². The number of aromatic nitrogens is 1. The number of allylic oxidation sites excluding steroid dienone is 2. The molecule has 7 heteroatoms. The molecular formula is C33H43N3O4. The summed E-state index contributed by atoms with van der Waals surface area (Å²) >= 11 is 0. The molecule has 0 spiro atoms. The highest BCUT2D eigenvalue weighted by Gasteiger charge is 2.67. The summed E-state index contributed by atoms with van der Waals surface area (Å²) in [6.45, 7) is 8.47. The zero-order valence-corrected chi connectivity index (χ0v) is 24.7. The molecule has 1 aromatic heterocycles. The van der Waals surface area contributed by atoms with Crippen molar-refractivity contribution in [1.82, 2.24) is 14.4 Å². The summed E-state index contributed by atoms with van der Waals surface area (Å²) < 4.78 is 1.94. The van der Waals surface area contributed by atoms with Crippen LogP contribution >= 0.6 is 0 Å². The lowest BCUT2D eigenvalue weighted by atomic mass is 9.95. The van der Waals surface area contributed by atoms with Crippen molar-refractivity contribution in [1.29, 1.82) is 0 Å². The number of nitrogens with zero attached hydrogens (tertiary/aromatic N) is 3. The third-order valence-corrected chi connectivity index (χ3v) is 9.11. The minimum atomic E-state index is -0.451. The van der Waals surface area contributed by atoms with E-state index < -0.39 is 6.04 Å². The fourth-order valence-electron chi connectivity index (χ4n) is 7.15. The van der Waals surface area contributed by atoms with E-state index in [9.17, 15) is 19.2 Å². The largest absolute Gasteiger partial charge is 0.345 e. The van der Waals surface area contributed by atoms with Crippen molar-refractivity contribution >= 4 is 34.3 Å². The molecule has 2 aliphatic heterocycles. The number of hydrogen-bond donors (Lipinski definition) is 0. The number of amides is 2. The summed E-state index contributed by atoms with van der Waals surface area (Å²) in [5.41, 5.74) is 3.64. The lowest BCUT2D eigenvalue weighted by Crippen LogP contribution is -2.44. The van der Waals surface area contributed by atoms with Crippen LogP contribution in [0, 0.1) is 11.3 Å². The summed E-state index contributed by atoms with van der Waals surface area (Å²) in [7, 11) is 1.85. The van der Waals surface area contributed by atoms with Gasteiger partial charge in [0.15, 0.2) is 11.6 Å². The van der Waals surface area contributed by atoms with Gasteiger partial charge in [0, 0.05) is 55.0 Å². The predicted molar refractivity (Wildman–Crippen MR) is 156 cm³/mol. The predicted octanol–water partition coefficient (Wildman–Crippen LogP) is 5.12. The van der Waals surface area contributed by atoms with Crippen molar-refractivity contribution < 1.29 is 19.2 Å². The van der Waals surface area contributed by atoms with Gasteiger partial charge >= 0.3 is 0 Å². The topological polar surface area (TPSA) is 79.7 Å². The second-order valence-corrected chi connectivity index (χ2v) is 12.7. The molecule has 3 aliphatic rings. The molecule has 3 atom stereocenters. The Bertz CT molecular complexity index is 1390. The van der Waals surface area contributed by atoms with Crippen molar-refractivity contribution in [2.75, 3.05) is 13.6 Å². The highest BCUT2D eigenvalue weighted by molar-refractivity contribution is 6.08. The second-order valence-electron chi connectivity index (χ2n) is 12.7. The molecule has 2 amide bonds. The fraction of sp³-hybridized carbons (Fsp3) is 0.576. The van der Waals surface area contributed by atoms with Crippen molar-refractivity contribution in [3.05, 3.63) is 47.2 Å². The number of ketones is 2. The van der Waals surface area contributed by atoms with Gasteiger partial charge in [-0.1, -0.05) is 39.0 Å². The molecule has 40 heavy (non-hydrogen) atoms. The van der Waals surface area contributed by atoms with Crippen molar-refractivity contribution in [2.24, 2.45) is 11.3 Å². The first-order chi connectivity index (χ1) is 19.0. The van der Waals surface area contributed by atoms with Gasteiger partial charge in [0.05, 0.1) is 11.6 Å². The summed E-state index contributed by atoms with van der Waals surface area (Å²) in [6.07, 6.45) is 11.6. The number of rotatable bonds is 5. The maximum atomic E-state index is 14.0. The van der Waals surface area contributed by atoms with E-state index in [2.05, 4.69) is 38.1 Å². The highest BCUT2D eigenvalue weighted by Crippen LogP contribution is 2.60. The number of Topliss-reactive ketones (excluding diaryl/α,β-unsaturated/α-hetero) is 2. The Labute approximate surface area is 237 Å². The Balaban J connectivity index is 1.60. The van der Waals surface area contributed by atoms with E-state index in [1.165, 1.54) is 5.56 Å². The van der Waals surface area contributed by atoms with Crippen LogP contribution in [0.5, 0.6) is 0 Å². The van der Waals surface area contributed by atoms with Crippen LogP contribution in [0.25, 0.3) is 10.9 Å². The first-order valence-electron chi connectivity index (χ1n) is 14.9. The van der Waals surface area contributed by atoms with Gasteiger partial charge in [0.25, 0.3) is 0 Å². The Morgan fingerprint density at radius 1 is 1.10 bits per heavy atom. The Morgan fingerprint density at radius 3 is 2.58 bits per heavy atom. The van der Waals surface area contributed by atoms with Crippen LogP contribution in [0.1, 0.15) is 87.7 Å². The van der Waals surface area contributed by atoms with Crippen molar-refractivity contribution in [3.63, 3.8) is 0 Å². The lowest BCUT2D eigenvalue weighted by Gasteiger charge is -2.27. The molecule has 1 saturated heterocycles. The molecule has 2 aromatic rings. The van der Waals surface area contributed by atoms with Crippen LogP contribution in [-0.4, -0.2) is 63.4 Å². The first-order valence-corrected chi connectivity index (χ1v) is 14.9. The number of carbonyl (C=O) groups is 4. The maximum absolute atomic E-state index is 14.0. The van der Waals surface area contributed by atoms with E-state index in [0.29, 0.717) is 43.7 Å². The molecule has 0 radical (unpaired) electrons. The molecule has 2 fully saturated rings. The van der Waals surface area contributed by atoms with Gasteiger partial charge < -0.3 is 14.4 Å². The lowest BCUT2D eigenvalue weighted by molar-refractivity contribution is -0.139. The summed E-state index contributed by atoms with van der Waals surface area (Å²) in [5.74, 6) is 0.563. The highest BCUT2D eigenvalue weighted by atomic mass is 16.2. The summed E-state index contributed by atoms with van der Waals surface area (Å²) in [4.78, 5) is 56.4. The molecule has 1 aromatic carbocycles. The molecule has 5 rings (SSSR count). The van der Waals surface area contributed by atoms with Crippen LogP contribution in [0.3, 0.4) is 0 Å². The minimum Gasteiger partial charge on any atom is -0.345 e. The molecule has 2 bridgehead atoms. The standard InChI is InChI=1S/C33H43N3O4/c1-6-28(38)27-16-33-17-29(33)36(27)31(40)19-35-18-26(22(4)37)25-15-23(13-21(2)3)14-24(32(25)35)11-9-7-8-10-12-30(39)34(5)20-33/h7,9,14-15,18,21,27,29H,6,8,10-13,16-17,19-20H2,1-5H3/b9-7+/t27-,29+,33-/m0/s1. The number of piperidine rings is 1. The first kappa shape index (κ1) is 28.3. The second kappa shape index (κ2) is 11.0. The van der Waals surface area contributed by atoms with Crippen LogP contribution in [-0.2, 0) is 33.8 Å². The molecule has 3 heterocycles. The van der Waals surface area contributed by atoms with Gasteiger partial charge in [-0.25, -0.2) is 0 Å². The Morgan fingerprint density at radius 2 is 1.88 bits per heavy atom. The molecule has 214 valence electrons. The van der Waals surface area contributed by atoms with E-state index in [-0.39, 0.29) is 41.4 Å². The van der Waals surface area contributed by atoms with Gasteiger partial charge in [-0.15, -0.1) is 0 Å². The van der Waals surface area contributed by atoms with Gasteiger partial charge in [0.2, 0.25) is 11.8 Å². The van der Waals surface area contributed by atoms with Crippen LogP contribution in [0.4, 0.5) is 0 Å². The maximum Gasteiger partial charge on any atom is 0.243 e. The Hall–Kier alpha value is -3.22. The van der Waals surface area contributed by atoms with Gasteiger partial charge in [-0.3, -0.25) is 19.2 Å². The van der Waals surface area contributed by atoms with Gasteiger partial charge in [-0.05, 0) is 68.6 Å². The third kappa shape index (κ3) is 5.27. The number of hydrogen-bond acceptors (Lipinski definition) is 4. The van der Waals surface area contributed by atoms with E-state index in [1.807, 2.05) is 34.5 Å². The average Bonchev–Trinajstić information content (AvgIpc) is 3.29. The normalized spacial score (nSPS) is 26.2. The smallest absolute Gasteiger partial charge is 0.243 e. The van der Waals surface area contributed by atoms with Crippen LogP contribution in [0.2, 0.25) is 0 Å².